The van der Waals surface area contributed by atoms with Crippen molar-refractivity contribution in [1.29, 1.82) is 0 Å². The summed E-state index contributed by atoms with van der Waals surface area (Å²) in [5.41, 5.74) is 0.892. The van der Waals surface area contributed by atoms with Gasteiger partial charge in [0.25, 0.3) is 0 Å². The predicted molar refractivity (Wildman–Crippen MR) is 76.7 cm³/mol. The van der Waals surface area contributed by atoms with Crippen LogP contribution in [0.4, 0.5) is 0 Å². The van der Waals surface area contributed by atoms with Gasteiger partial charge in [0.1, 0.15) is 0 Å². The lowest BCUT2D eigenvalue weighted by molar-refractivity contribution is -0.140. The average molecular weight is 296 g/mol. The summed E-state index contributed by atoms with van der Waals surface area (Å²) >= 11 is 5.90. The van der Waals surface area contributed by atoms with Crippen LogP contribution in [-0.2, 0) is 16.0 Å². The number of hydrogen-bond acceptors (Lipinski definition) is 2. The summed E-state index contributed by atoms with van der Waals surface area (Å²) in [4.78, 5) is 24.8. The Morgan fingerprint density at radius 2 is 2.20 bits per heavy atom. The van der Waals surface area contributed by atoms with E-state index < -0.39 is 5.97 Å². The van der Waals surface area contributed by atoms with Gasteiger partial charge in [-0.05, 0) is 36.5 Å². The lowest BCUT2D eigenvalue weighted by Gasteiger charge is -2.32. The minimum absolute atomic E-state index is 0.0438. The van der Waals surface area contributed by atoms with Crippen LogP contribution in [0.15, 0.2) is 24.3 Å². The highest BCUT2D eigenvalue weighted by Gasteiger charge is 2.25. The van der Waals surface area contributed by atoms with Gasteiger partial charge in [-0.2, -0.15) is 0 Å². The zero-order chi connectivity index (χ0) is 14.5. The van der Waals surface area contributed by atoms with Crippen molar-refractivity contribution in [2.75, 3.05) is 13.1 Å². The molecule has 1 aromatic rings. The smallest absolute Gasteiger partial charge is 0.303 e. The lowest BCUT2D eigenvalue weighted by atomic mass is 9.94. The van der Waals surface area contributed by atoms with Crippen LogP contribution in [-0.4, -0.2) is 35.0 Å². The van der Waals surface area contributed by atoms with Gasteiger partial charge in [-0.15, -0.1) is 0 Å². The zero-order valence-corrected chi connectivity index (χ0v) is 12.0. The lowest BCUT2D eigenvalue weighted by Crippen LogP contribution is -2.41. The quantitative estimate of drug-likeness (QED) is 0.929. The third-order valence-electron chi connectivity index (χ3n) is 3.58. The Balaban J connectivity index is 1.93. The van der Waals surface area contributed by atoms with E-state index in [1.54, 1.807) is 17.0 Å². The Labute approximate surface area is 123 Å². The molecular weight excluding hydrogens is 278 g/mol. The second-order valence-electron chi connectivity index (χ2n) is 5.25. The molecular formula is C15H18ClNO3. The maximum absolute atomic E-state index is 12.2. The van der Waals surface area contributed by atoms with Crippen molar-refractivity contribution in [2.45, 2.75) is 25.7 Å². The van der Waals surface area contributed by atoms with E-state index in [0.29, 0.717) is 18.0 Å². The number of halogens is 1. The fourth-order valence-corrected chi connectivity index (χ4v) is 2.85. The maximum atomic E-state index is 12.2. The van der Waals surface area contributed by atoms with Crippen LogP contribution in [0.2, 0.25) is 5.02 Å². The molecule has 1 saturated heterocycles. The fourth-order valence-electron chi connectivity index (χ4n) is 2.64. The number of rotatable bonds is 4. The minimum Gasteiger partial charge on any atom is -0.481 e. The zero-order valence-electron chi connectivity index (χ0n) is 11.2. The third kappa shape index (κ3) is 4.23. The molecule has 1 fully saturated rings. The minimum atomic E-state index is -0.792. The highest BCUT2D eigenvalue weighted by molar-refractivity contribution is 6.30. The molecule has 0 radical (unpaired) electrons. The molecule has 4 nitrogen and oxygen atoms in total. The number of hydrogen-bond donors (Lipinski definition) is 1. The number of benzene rings is 1. The number of carboxylic acid groups (broad SMARTS) is 1. The van der Waals surface area contributed by atoms with E-state index in [4.69, 9.17) is 16.7 Å². The van der Waals surface area contributed by atoms with Crippen LogP contribution in [0.1, 0.15) is 24.8 Å². The molecule has 0 spiro atoms. The number of amides is 1. The first-order valence-corrected chi connectivity index (χ1v) is 7.16. The largest absolute Gasteiger partial charge is 0.481 e. The van der Waals surface area contributed by atoms with Crippen molar-refractivity contribution in [3.63, 3.8) is 0 Å². The van der Waals surface area contributed by atoms with Gasteiger partial charge in [0.15, 0.2) is 0 Å². The molecule has 2 rings (SSSR count). The summed E-state index contributed by atoms with van der Waals surface area (Å²) < 4.78 is 0. The molecule has 1 amide bonds. The summed E-state index contributed by atoms with van der Waals surface area (Å²) in [6.07, 6.45) is 2.22. The van der Waals surface area contributed by atoms with Gasteiger partial charge >= 0.3 is 5.97 Å². The van der Waals surface area contributed by atoms with E-state index in [9.17, 15) is 9.59 Å². The number of nitrogens with zero attached hydrogens (tertiary/aromatic N) is 1. The van der Waals surface area contributed by atoms with Gasteiger partial charge in [0.05, 0.1) is 6.42 Å². The van der Waals surface area contributed by atoms with E-state index >= 15 is 0 Å². The average Bonchev–Trinajstić information content (AvgIpc) is 2.38. The van der Waals surface area contributed by atoms with Crippen molar-refractivity contribution in [3.8, 4) is 0 Å². The van der Waals surface area contributed by atoms with Crippen molar-refractivity contribution < 1.29 is 14.7 Å². The van der Waals surface area contributed by atoms with Crippen LogP contribution in [0.25, 0.3) is 0 Å². The topological polar surface area (TPSA) is 57.6 Å². The second kappa shape index (κ2) is 6.75. The SMILES string of the molecule is O=C(O)CC1CCCN(C(=O)Cc2cccc(Cl)c2)C1. The molecule has 108 valence electrons. The van der Waals surface area contributed by atoms with E-state index in [1.807, 2.05) is 12.1 Å². The summed E-state index contributed by atoms with van der Waals surface area (Å²) in [5.74, 6) is -0.675. The second-order valence-corrected chi connectivity index (χ2v) is 5.69. The number of piperidine rings is 1. The van der Waals surface area contributed by atoms with Crippen molar-refractivity contribution in [2.24, 2.45) is 5.92 Å². The molecule has 1 N–H and O–H groups in total. The normalized spacial score (nSPS) is 18.9. The molecule has 1 atom stereocenters. The standard InChI is InChI=1S/C15H18ClNO3/c16-13-5-1-3-11(7-13)8-14(18)17-6-2-4-12(10-17)9-15(19)20/h1,3,5,7,12H,2,4,6,8-10H2,(H,19,20). The molecule has 1 heterocycles. The molecule has 0 aromatic heterocycles. The molecule has 0 saturated carbocycles. The Kier molecular flexibility index (Phi) is 5.01. The first kappa shape index (κ1) is 14.9. The Morgan fingerprint density at radius 3 is 2.90 bits per heavy atom. The highest BCUT2D eigenvalue weighted by Crippen LogP contribution is 2.21. The third-order valence-corrected chi connectivity index (χ3v) is 3.81. The number of likely N-dealkylation sites (tertiary alicyclic amines) is 1. The Hall–Kier alpha value is -1.55. The van der Waals surface area contributed by atoms with Gasteiger partial charge in [0, 0.05) is 24.5 Å². The Morgan fingerprint density at radius 1 is 1.40 bits per heavy atom. The number of carboxylic acids is 1. The van der Waals surface area contributed by atoms with Crippen LogP contribution in [0.3, 0.4) is 0 Å². The molecule has 1 aliphatic rings. The highest BCUT2D eigenvalue weighted by atomic mass is 35.5. The van der Waals surface area contributed by atoms with Crippen molar-refractivity contribution >= 4 is 23.5 Å². The monoisotopic (exact) mass is 295 g/mol. The van der Waals surface area contributed by atoms with E-state index in [2.05, 4.69) is 0 Å². The van der Waals surface area contributed by atoms with Crippen molar-refractivity contribution in [3.05, 3.63) is 34.9 Å². The first-order valence-electron chi connectivity index (χ1n) is 6.78. The molecule has 1 aliphatic heterocycles. The number of carbonyl (C=O) groups excluding carboxylic acids is 1. The predicted octanol–water partition coefficient (Wildman–Crippen LogP) is 2.60. The van der Waals surface area contributed by atoms with Gasteiger partial charge in [-0.1, -0.05) is 23.7 Å². The van der Waals surface area contributed by atoms with Gasteiger partial charge < -0.3 is 10.0 Å². The molecule has 1 aromatic carbocycles. The molecule has 1 unspecified atom stereocenters. The number of carbonyl (C=O) groups is 2. The van der Waals surface area contributed by atoms with E-state index in [1.165, 1.54) is 0 Å². The van der Waals surface area contributed by atoms with Crippen LogP contribution < -0.4 is 0 Å². The van der Waals surface area contributed by atoms with Crippen LogP contribution in [0.5, 0.6) is 0 Å². The summed E-state index contributed by atoms with van der Waals surface area (Å²) in [6.45, 7) is 1.27. The van der Waals surface area contributed by atoms with E-state index in [-0.39, 0.29) is 18.2 Å². The fraction of sp³-hybridized carbons (Fsp3) is 0.467. The summed E-state index contributed by atoms with van der Waals surface area (Å²) in [6, 6.07) is 7.27. The molecule has 0 bridgehead atoms. The van der Waals surface area contributed by atoms with Gasteiger partial charge in [-0.25, -0.2) is 0 Å². The summed E-state index contributed by atoms with van der Waals surface area (Å²) in [7, 11) is 0. The maximum Gasteiger partial charge on any atom is 0.303 e. The van der Waals surface area contributed by atoms with Gasteiger partial charge in [-0.3, -0.25) is 9.59 Å². The summed E-state index contributed by atoms with van der Waals surface area (Å²) in [5, 5.41) is 9.46. The number of aliphatic carboxylic acids is 1. The molecule has 20 heavy (non-hydrogen) atoms. The molecule has 0 aliphatic carbocycles. The molecule has 5 heteroatoms. The van der Waals surface area contributed by atoms with Crippen LogP contribution >= 0.6 is 11.6 Å². The van der Waals surface area contributed by atoms with Crippen LogP contribution in [0, 0.1) is 5.92 Å². The first-order chi connectivity index (χ1) is 9.54. The van der Waals surface area contributed by atoms with Gasteiger partial charge in [0.2, 0.25) is 5.91 Å². The Bertz CT molecular complexity index is 504. The van der Waals surface area contributed by atoms with Crippen molar-refractivity contribution in [1.82, 2.24) is 4.90 Å². The van der Waals surface area contributed by atoms with E-state index in [0.717, 1.165) is 24.9 Å².